The van der Waals surface area contributed by atoms with Crippen molar-refractivity contribution in [1.29, 1.82) is 0 Å². The molecule has 28 heavy (non-hydrogen) atoms. The Kier molecular flexibility index (Phi) is 11.1. The highest BCUT2D eigenvalue weighted by molar-refractivity contribution is 5.95. The third kappa shape index (κ3) is 6.97. The van der Waals surface area contributed by atoms with E-state index in [4.69, 9.17) is 10.5 Å². The van der Waals surface area contributed by atoms with Gasteiger partial charge >= 0.3 is 0 Å². The Morgan fingerprint density at radius 2 is 1.79 bits per heavy atom. The van der Waals surface area contributed by atoms with Crippen LogP contribution in [0.1, 0.15) is 53.7 Å². The summed E-state index contributed by atoms with van der Waals surface area (Å²) in [6.07, 6.45) is 5.17. The zero-order chi connectivity index (χ0) is 19.2. The average molecular weight is 428 g/mol. The average Bonchev–Trinajstić information content (AvgIpc) is 2.65. The summed E-state index contributed by atoms with van der Waals surface area (Å²) >= 11 is 0. The number of carbonyl (C=O) groups is 1. The van der Waals surface area contributed by atoms with Crippen LogP contribution in [0.2, 0.25) is 0 Å². The summed E-state index contributed by atoms with van der Waals surface area (Å²) < 4.78 is 5.95. The molecule has 0 saturated carbocycles. The maximum atomic E-state index is 12.5. The normalized spacial score (nSPS) is 10.5. The van der Waals surface area contributed by atoms with E-state index in [1.54, 1.807) is 12.4 Å². The third-order valence-corrected chi connectivity index (χ3v) is 4.84. The molecule has 2 rings (SSSR count). The Bertz CT molecular complexity index is 728. The molecular weight excluding hydrogens is 397 g/mol. The molecule has 7 heteroatoms. The lowest BCUT2D eigenvalue weighted by Crippen LogP contribution is -2.49. The zero-order valence-electron chi connectivity index (χ0n) is 17.0. The van der Waals surface area contributed by atoms with Crippen molar-refractivity contribution < 1.29 is 9.53 Å². The second kappa shape index (κ2) is 11.9. The number of nitrogens with zero attached hydrogens (tertiary/aromatic N) is 1. The van der Waals surface area contributed by atoms with Gasteiger partial charge in [-0.15, -0.1) is 24.8 Å². The fourth-order valence-electron chi connectivity index (χ4n) is 2.81. The molecule has 1 heterocycles. The maximum Gasteiger partial charge on any atom is 0.251 e. The number of aromatic nitrogens is 1. The number of pyridine rings is 1. The SMILES string of the molecule is CCC(N)(CC)CNC(=O)c1cc(C)c(OCc2cccnc2)c(C)c1.Cl.Cl. The van der Waals surface area contributed by atoms with Gasteiger partial charge in [-0.05, 0) is 56.0 Å². The van der Waals surface area contributed by atoms with E-state index in [0.29, 0.717) is 18.7 Å². The number of halogens is 2. The molecule has 0 bridgehead atoms. The Hall–Kier alpha value is -1.82. The van der Waals surface area contributed by atoms with Crippen molar-refractivity contribution in [1.82, 2.24) is 10.3 Å². The number of benzene rings is 1. The molecule has 0 fully saturated rings. The van der Waals surface area contributed by atoms with Crippen LogP contribution in [0.5, 0.6) is 5.75 Å². The van der Waals surface area contributed by atoms with E-state index in [1.165, 1.54) is 0 Å². The minimum Gasteiger partial charge on any atom is -0.488 e. The summed E-state index contributed by atoms with van der Waals surface area (Å²) in [7, 11) is 0. The highest BCUT2D eigenvalue weighted by Crippen LogP contribution is 2.26. The van der Waals surface area contributed by atoms with E-state index in [9.17, 15) is 4.79 Å². The van der Waals surface area contributed by atoms with Gasteiger partial charge in [0.25, 0.3) is 5.91 Å². The third-order valence-electron chi connectivity index (χ3n) is 4.84. The van der Waals surface area contributed by atoms with Gasteiger partial charge in [-0.3, -0.25) is 9.78 Å². The molecule has 2 aromatic rings. The Balaban J connectivity index is 0.00000364. The molecule has 0 aliphatic carbocycles. The number of amides is 1. The van der Waals surface area contributed by atoms with Gasteiger partial charge < -0.3 is 15.8 Å². The van der Waals surface area contributed by atoms with Crippen LogP contribution in [0.4, 0.5) is 0 Å². The van der Waals surface area contributed by atoms with Crippen LogP contribution in [0, 0.1) is 13.8 Å². The first-order valence-corrected chi connectivity index (χ1v) is 9.08. The van der Waals surface area contributed by atoms with Gasteiger partial charge in [0.1, 0.15) is 12.4 Å². The molecule has 156 valence electrons. The van der Waals surface area contributed by atoms with Crippen LogP contribution in [0.15, 0.2) is 36.7 Å². The predicted octanol–water partition coefficient (Wildman–Crippen LogP) is 4.37. The molecule has 0 aliphatic rings. The molecule has 0 radical (unpaired) electrons. The van der Waals surface area contributed by atoms with Gasteiger partial charge in [-0.2, -0.15) is 0 Å². The summed E-state index contributed by atoms with van der Waals surface area (Å²) in [6.45, 7) is 8.90. The molecular formula is C21H31Cl2N3O2. The molecule has 5 nitrogen and oxygen atoms in total. The van der Waals surface area contributed by atoms with Crippen LogP contribution < -0.4 is 15.8 Å². The van der Waals surface area contributed by atoms with Crippen LogP contribution in [0.25, 0.3) is 0 Å². The Labute approximate surface area is 180 Å². The minimum atomic E-state index is -0.355. The predicted molar refractivity (Wildman–Crippen MR) is 119 cm³/mol. The van der Waals surface area contributed by atoms with Gasteiger partial charge in [0, 0.05) is 35.6 Å². The van der Waals surface area contributed by atoms with Gasteiger partial charge in [0.2, 0.25) is 0 Å². The topological polar surface area (TPSA) is 77.2 Å². The summed E-state index contributed by atoms with van der Waals surface area (Å²) in [5, 5.41) is 2.96. The molecule has 0 saturated heterocycles. The smallest absolute Gasteiger partial charge is 0.251 e. The number of rotatable bonds is 8. The number of aryl methyl sites for hydroxylation is 2. The highest BCUT2D eigenvalue weighted by atomic mass is 35.5. The first-order chi connectivity index (χ1) is 12.4. The van der Waals surface area contributed by atoms with Crippen molar-refractivity contribution in [3.05, 3.63) is 58.9 Å². The van der Waals surface area contributed by atoms with Crippen LogP contribution in [-0.4, -0.2) is 23.0 Å². The van der Waals surface area contributed by atoms with Crippen LogP contribution in [0.3, 0.4) is 0 Å². The van der Waals surface area contributed by atoms with E-state index in [2.05, 4.69) is 10.3 Å². The molecule has 1 amide bonds. The number of nitrogens with one attached hydrogen (secondary N) is 1. The Morgan fingerprint density at radius 3 is 2.29 bits per heavy atom. The summed E-state index contributed by atoms with van der Waals surface area (Å²) in [4.78, 5) is 16.6. The standard InChI is InChI=1S/C21H29N3O2.2ClH/c1-5-21(22,6-2)14-24-20(25)18-10-15(3)19(16(4)11-18)26-13-17-8-7-9-23-12-17;;/h7-12H,5-6,13-14,22H2,1-4H3,(H,24,25);2*1H. The fourth-order valence-corrected chi connectivity index (χ4v) is 2.81. The van der Waals surface area contributed by atoms with Crippen molar-refractivity contribution in [2.45, 2.75) is 52.7 Å². The fraction of sp³-hybridized carbons (Fsp3) is 0.429. The van der Waals surface area contributed by atoms with Gasteiger partial charge in [0.05, 0.1) is 0 Å². The number of nitrogens with two attached hydrogens (primary N) is 1. The first-order valence-electron chi connectivity index (χ1n) is 9.08. The number of hydrogen-bond acceptors (Lipinski definition) is 4. The Morgan fingerprint density at radius 1 is 1.18 bits per heavy atom. The van der Waals surface area contributed by atoms with Crippen LogP contribution in [-0.2, 0) is 6.61 Å². The molecule has 0 atom stereocenters. The van der Waals surface area contributed by atoms with E-state index in [-0.39, 0.29) is 36.3 Å². The van der Waals surface area contributed by atoms with Crippen molar-refractivity contribution in [2.75, 3.05) is 6.54 Å². The summed E-state index contributed by atoms with van der Waals surface area (Å²) in [5.74, 6) is 0.701. The second-order valence-corrected chi connectivity index (χ2v) is 6.84. The second-order valence-electron chi connectivity index (χ2n) is 6.84. The quantitative estimate of drug-likeness (QED) is 0.655. The van der Waals surface area contributed by atoms with Crippen molar-refractivity contribution in [3.63, 3.8) is 0 Å². The lowest BCUT2D eigenvalue weighted by molar-refractivity contribution is 0.0942. The lowest BCUT2D eigenvalue weighted by atomic mass is 9.94. The maximum absolute atomic E-state index is 12.5. The molecule has 3 N–H and O–H groups in total. The summed E-state index contributed by atoms with van der Waals surface area (Å²) in [5.41, 5.74) is 9.41. The molecule has 1 aromatic heterocycles. The van der Waals surface area contributed by atoms with E-state index in [0.717, 1.165) is 35.3 Å². The van der Waals surface area contributed by atoms with Crippen molar-refractivity contribution >= 4 is 30.7 Å². The molecule has 0 unspecified atom stereocenters. The van der Waals surface area contributed by atoms with Crippen LogP contribution >= 0.6 is 24.8 Å². The van der Waals surface area contributed by atoms with Gasteiger partial charge in [-0.25, -0.2) is 0 Å². The molecule has 0 spiro atoms. The first kappa shape index (κ1) is 26.2. The van der Waals surface area contributed by atoms with E-state index < -0.39 is 0 Å². The highest BCUT2D eigenvalue weighted by Gasteiger charge is 2.21. The zero-order valence-corrected chi connectivity index (χ0v) is 18.6. The van der Waals surface area contributed by atoms with E-state index >= 15 is 0 Å². The lowest BCUT2D eigenvalue weighted by Gasteiger charge is -2.26. The molecule has 1 aromatic carbocycles. The largest absolute Gasteiger partial charge is 0.488 e. The monoisotopic (exact) mass is 427 g/mol. The van der Waals surface area contributed by atoms with Gasteiger partial charge in [-0.1, -0.05) is 19.9 Å². The van der Waals surface area contributed by atoms with E-state index in [1.807, 2.05) is 52.0 Å². The van der Waals surface area contributed by atoms with Gasteiger partial charge in [0.15, 0.2) is 0 Å². The van der Waals surface area contributed by atoms with Crippen molar-refractivity contribution in [2.24, 2.45) is 5.73 Å². The summed E-state index contributed by atoms with van der Waals surface area (Å²) in [6, 6.07) is 7.57. The number of ether oxygens (including phenoxy) is 1. The van der Waals surface area contributed by atoms with Crippen molar-refractivity contribution in [3.8, 4) is 5.75 Å². The number of hydrogen-bond donors (Lipinski definition) is 2. The molecule has 0 aliphatic heterocycles. The number of carbonyl (C=O) groups excluding carboxylic acids is 1. The minimum absolute atomic E-state index is 0.